The number of hydrogen-bond acceptors (Lipinski definition) is 3. The molecule has 0 saturated heterocycles. The number of benzene rings is 1. The zero-order chi connectivity index (χ0) is 12.4. The number of para-hydroxylation sites is 2. The zero-order valence-electron chi connectivity index (χ0n) is 10.8. The Morgan fingerprint density at radius 3 is 2.67 bits per heavy atom. The summed E-state index contributed by atoms with van der Waals surface area (Å²) in [6, 6.07) is 7.98. The molecule has 1 aliphatic carbocycles. The van der Waals surface area contributed by atoms with E-state index in [0.717, 1.165) is 23.4 Å². The minimum absolute atomic E-state index is 0.438. The van der Waals surface area contributed by atoms with Crippen LogP contribution in [0.15, 0.2) is 30.5 Å². The predicted molar refractivity (Wildman–Crippen MR) is 74.6 cm³/mol. The Bertz CT molecular complexity index is 544. The highest BCUT2D eigenvalue weighted by Gasteiger charge is 2.28. The molecule has 1 aromatic heterocycles. The van der Waals surface area contributed by atoms with Crippen LogP contribution in [-0.4, -0.2) is 16.5 Å². The Kier molecular flexibility index (Phi) is 2.90. The number of aromatic nitrogens is 2. The number of rotatable bonds is 3. The third-order valence-electron chi connectivity index (χ3n) is 3.96. The summed E-state index contributed by atoms with van der Waals surface area (Å²) >= 11 is 0. The van der Waals surface area contributed by atoms with Gasteiger partial charge in [0.15, 0.2) is 0 Å². The molecule has 1 aliphatic rings. The van der Waals surface area contributed by atoms with E-state index < -0.39 is 0 Å². The summed E-state index contributed by atoms with van der Waals surface area (Å²) in [5.74, 6) is 0.891. The van der Waals surface area contributed by atoms with E-state index in [9.17, 15) is 0 Å². The van der Waals surface area contributed by atoms with E-state index in [1.165, 1.54) is 25.7 Å². The first-order chi connectivity index (χ1) is 8.75. The number of fused-ring (bicyclic) bond motifs is 1. The molecule has 1 fully saturated rings. The minimum Gasteiger partial charge on any atom is -0.368 e. The maximum Gasteiger partial charge on any atom is 0.145 e. The first-order valence-electron chi connectivity index (χ1n) is 6.71. The number of anilines is 1. The van der Waals surface area contributed by atoms with Gasteiger partial charge in [0, 0.05) is 6.54 Å². The van der Waals surface area contributed by atoms with E-state index in [1.54, 1.807) is 0 Å². The van der Waals surface area contributed by atoms with Crippen molar-refractivity contribution in [3.05, 3.63) is 30.5 Å². The van der Waals surface area contributed by atoms with Crippen LogP contribution in [0.25, 0.3) is 11.0 Å². The molecule has 2 aromatic rings. The number of hydrogen-bond donors (Lipinski definition) is 1. The second-order valence-corrected chi connectivity index (χ2v) is 5.62. The Labute approximate surface area is 108 Å². The summed E-state index contributed by atoms with van der Waals surface area (Å²) in [6.07, 6.45) is 7.20. The van der Waals surface area contributed by atoms with Crippen LogP contribution in [0.5, 0.6) is 0 Å². The first-order valence-corrected chi connectivity index (χ1v) is 6.71. The molecule has 0 unspecified atom stereocenters. The zero-order valence-corrected chi connectivity index (χ0v) is 10.8. The Hall–Kier alpha value is -1.64. The highest BCUT2D eigenvalue weighted by atomic mass is 15.0. The summed E-state index contributed by atoms with van der Waals surface area (Å²) in [4.78, 5) is 9.02. The third kappa shape index (κ3) is 2.30. The largest absolute Gasteiger partial charge is 0.368 e. The molecule has 3 heteroatoms. The second-order valence-electron chi connectivity index (χ2n) is 5.62. The van der Waals surface area contributed by atoms with Crippen LogP contribution in [-0.2, 0) is 0 Å². The highest BCUT2D eigenvalue weighted by molar-refractivity contribution is 5.75. The number of nitrogens with zero attached hydrogens (tertiary/aromatic N) is 2. The van der Waals surface area contributed by atoms with E-state index in [2.05, 4.69) is 22.2 Å². The summed E-state index contributed by atoms with van der Waals surface area (Å²) < 4.78 is 0. The Morgan fingerprint density at radius 2 is 1.89 bits per heavy atom. The summed E-state index contributed by atoms with van der Waals surface area (Å²) in [5.41, 5.74) is 2.35. The molecule has 1 heterocycles. The van der Waals surface area contributed by atoms with E-state index in [1.807, 2.05) is 30.5 Å². The predicted octanol–water partition coefficient (Wildman–Crippen LogP) is 3.62. The van der Waals surface area contributed by atoms with Crippen molar-refractivity contribution in [3.8, 4) is 0 Å². The average molecular weight is 241 g/mol. The SMILES string of the molecule is CC1(CNc2cnc3ccccc3n2)CCCC1. The van der Waals surface area contributed by atoms with E-state index in [4.69, 9.17) is 0 Å². The standard InChI is InChI=1S/C15H19N3/c1-15(8-4-5-9-15)11-17-14-10-16-12-6-2-3-7-13(12)18-14/h2-3,6-7,10H,4-5,8-9,11H2,1H3,(H,17,18). The fourth-order valence-electron chi connectivity index (χ4n) is 2.75. The van der Waals surface area contributed by atoms with Gasteiger partial charge in [0.25, 0.3) is 0 Å². The molecule has 0 amide bonds. The molecule has 0 radical (unpaired) electrons. The lowest BCUT2D eigenvalue weighted by atomic mass is 9.89. The topological polar surface area (TPSA) is 37.8 Å². The van der Waals surface area contributed by atoms with Gasteiger partial charge in [-0.05, 0) is 30.4 Å². The molecule has 1 aromatic carbocycles. The lowest BCUT2D eigenvalue weighted by Gasteiger charge is -2.23. The maximum absolute atomic E-state index is 4.59. The molecule has 3 nitrogen and oxygen atoms in total. The van der Waals surface area contributed by atoms with Crippen molar-refractivity contribution < 1.29 is 0 Å². The van der Waals surface area contributed by atoms with Crippen LogP contribution in [0.2, 0.25) is 0 Å². The van der Waals surface area contributed by atoms with Gasteiger partial charge < -0.3 is 5.32 Å². The molecule has 1 saturated carbocycles. The van der Waals surface area contributed by atoms with Crippen molar-refractivity contribution in [3.63, 3.8) is 0 Å². The van der Waals surface area contributed by atoms with Gasteiger partial charge in [0.2, 0.25) is 0 Å². The van der Waals surface area contributed by atoms with Crippen molar-refractivity contribution in [2.45, 2.75) is 32.6 Å². The second kappa shape index (κ2) is 4.56. The van der Waals surface area contributed by atoms with Gasteiger partial charge in [-0.25, -0.2) is 4.98 Å². The lowest BCUT2D eigenvalue weighted by molar-refractivity contribution is 0.361. The van der Waals surface area contributed by atoms with Gasteiger partial charge in [0.05, 0.1) is 17.2 Å². The van der Waals surface area contributed by atoms with Crippen molar-refractivity contribution in [2.75, 3.05) is 11.9 Å². The van der Waals surface area contributed by atoms with Gasteiger partial charge in [-0.2, -0.15) is 0 Å². The normalized spacial score (nSPS) is 18.1. The third-order valence-corrected chi connectivity index (χ3v) is 3.96. The summed E-state index contributed by atoms with van der Waals surface area (Å²) in [5, 5.41) is 3.45. The Balaban J connectivity index is 1.74. The molecule has 0 spiro atoms. The van der Waals surface area contributed by atoms with Gasteiger partial charge in [-0.3, -0.25) is 4.98 Å². The molecule has 0 bridgehead atoms. The summed E-state index contributed by atoms with van der Waals surface area (Å²) in [7, 11) is 0. The van der Waals surface area contributed by atoms with Crippen molar-refractivity contribution in [1.82, 2.24) is 9.97 Å². The molecule has 0 aliphatic heterocycles. The van der Waals surface area contributed by atoms with E-state index in [0.29, 0.717) is 5.41 Å². The molecule has 3 rings (SSSR count). The Morgan fingerprint density at radius 1 is 1.17 bits per heavy atom. The quantitative estimate of drug-likeness (QED) is 0.891. The van der Waals surface area contributed by atoms with Gasteiger partial charge in [0.1, 0.15) is 5.82 Å². The van der Waals surface area contributed by atoms with Crippen LogP contribution < -0.4 is 5.32 Å². The van der Waals surface area contributed by atoms with Crippen molar-refractivity contribution in [1.29, 1.82) is 0 Å². The number of nitrogens with one attached hydrogen (secondary N) is 1. The van der Waals surface area contributed by atoms with Crippen LogP contribution in [0.1, 0.15) is 32.6 Å². The lowest BCUT2D eigenvalue weighted by Crippen LogP contribution is -2.23. The smallest absolute Gasteiger partial charge is 0.145 e. The molecular formula is C15H19N3. The van der Waals surface area contributed by atoms with E-state index >= 15 is 0 Å². The van der Waals surface area contributed by atoms with Gasteiger partial charge in [-0.1, -0.05) is 31.9 Å². The maximum atomic E-state index is 4.59. The molecule has 18 heavy (non-hydrogen) atoms. The molecular weight excluding hydrogens is 222 g/mol. The minimum atomic E-state index is 0.438. The molecule has 94 valence electrons. The van der Waals surface area contributed by atoms with Gasteiger partial charge in [-0.15, -0.1) is 0 Å². The average Bonchev–Trinajstić information content (AvgIpc) is 2.84. The fraction of sp³-hybridized carbons (Fsp3) is 0.467. The first kappa shape index (κ1) is 11.5. The van der Waals surface area contributed by atoms with Crippen molar-refractivity contribution in [2.24, 2.45) is 5.41 Å². The molecule has 0 atom stereocenters. The van der Waals surface area contributed by atoms with Crippen LogP contribution >= 0.6 is 0 Å². The van der Waals surface area contributed by atoms with Crippen LogP contribution in [0.4, 0.5) is 5.82 Å². The van der Waals surface area contributed by atoms with Gasteiger partial charge >= 0.3 is 0 Å². The summed E-state index contributed by atoms with van der Waals surface area (Å²) in [6.45, 7) is 3.36. The molecule has 1 N–H and O–H groups in total. The van der Waals surface area contributed by atoms with Crippen LogP contribution in [0.3, 0.4) is 0 Å². The van der Waals surface area contributed by atoms with Crippen LogP contribution in [0, 0.1) is 5.41 Å². The van der Waals surface area contributed by atoms with E-state index in [-0.39, 0.29) is 0 Å². The monoisotopic (exact) mass is 241 g/mol. The highest BCUT2D eigenvalue weighted by Crippen LogP contribution is 2.37. The van der Waals surface area contributed by atoms with Crippen molar-refractivity contribution >= 4 is 16.9 Å². The fourth-order valence-corrected chi connectivity index (χ4v) is 2.75.